The van der Waals surface area contributed by atoms with Gasteiger partial charge < -0.3 is 10.9 Å². The Morgan fingerprint density at radius 1 is 1.33 bits per heavy atom. The maximum Gasteiger partial charge on any atom is 0.171 e. The van der Waals surface area contributed by atoms with E-state index in [-0.39, 0.29) is 11.7 Å². The average molecular weight is 268 g/mol. The summed E-state index contributed by atoms with van der Waals surface area (Å²) < 4.78 is 13.2. The molecular formula is C13H17FN2OS. The van der Waals surface area contributed by atoms with Gasteiger partial charge in [-0.2, -0.15) is 0 Å². The smallest absolute Gasteiger partial charge is 0.171 e. The predicted molar refractivity (Wildman–Crippen MR) is 71.6 cm³/mol. The molecule has 0 radical (unpaired) electrons. The van der Waals surface area contributed by atoms with Crippen LogP contribution in [-0.4, -0.2) is 16.3 Å². The van der Waals surface area contributed by atoms with Crippen LogP contribution in [0.3, 0.4) is 0 Å². The van der Waals surface area contributed by atoms with E-state index in [1.54, 1.807) is 17.8 Å². The van der Waals surface area contributed by atoms with Crippen molar-refractivity contribution in [2.24, 2.45) is 10.9 Å². The number of nitrogens with two attached hydrogens (primary N) is 1. The highest BCUT2D eigenvalue weighted by Gasteiger charge is 2.17. The van der Waals surface area contributed by atoms with E-state index in [1.807, 2.05) is 0 Å². The van der Waals surface area contributed by atoms with Crippen molar-refractivity contribution >= 4 is 17.6 Å². The summed E-state index contributed by atoms with van der Waals surface area (Å²) in [6, 6.07) is 4.45. The van der Waals surface area contributed by atoms with E-state index >= 15 is 0 Å². The monoisotopic (exact) mass is 268 g/mol. The van der Waals surface area contributed by atoms with Crippen molar-refractivity contribution in [3.05, 3.63) is 29.6 Å². The second-order valence-electron chi connectivity index (χ2n) is 4.50. The van der Waals surface area contributed by atoms with E-state index in [1.165, 1.54) is 44.2 Å². The molecular weight excluding hydrogens is 251 g/mol. The van der Waals surface area contributed by atoms with Crippen LogP contribution in [0.15, 0.2) is 28.3 Å². The van der Waals surface area contributed by atoms with E-state index < -0.39 is 0 Å². The Hall–Kier alpha value is -1.23. The van der Waals surface area contributed by atoms with Gasteiger partial charge in [0.15, 0.2) is 5.84 Å². The number of amidine groups is 1. The van der Waals surface area contributed by atoms with Gasteiger partial charge in [-0.15, -0.1) is 11.8 Å². The lowest BCUT2D eigenvalue weighted by Gasteiger charge is -2.22. The topological polar surface area (TPSA) is 58.6 Å². The maximum atomic E-state index is 13.2. The second-order valence-corrected chi connectivity index (χ2v) is 5.85. The third-order valence-corrected chi connectivity index (χ3v) is 4.59. The zero-order valence-corrected chi connectivity index (χ0v) is 10.9. The molecule has 3 nitrogen and oxygen atoms in total. The van der Waals surface area contributed by atoms with Crippen molar-refractivity contribution in [2.45, 2.75) is 42.2 Å². The Labute approximate surface area is 110 Å². The van der Waals surface area contributed by atoms with E-state index in [2.05, 4.69) is 5.16 Å². The van der Waals surface area contributed by atoms with Crippen LogP contribution >= 0.6 is 11.8 Å². The number of halogens is 1. The standard InChI is InChI=1S/C13H17FN2OS/c14-9-6-7-12(11(8-9)13(15)16-17)18-10-4-2-1-3-5-10/h6-8,10,17H,1-5H2,(H2,15,16). The summed E-state index contributed by atoms with van der Waals surface area (Å²) in [4.78, 5) is 0.888. The second kappa shape index (κ2) is 6.09. The van der Waals surface area contributed by atoms with Gasteiger partial charge in [0.05, 0.1) is 0 Å². The third kappa shape index (κ3) is 3.16. The normalized spacial score (nSPS) is 17.9. The molecule has 1 aliphatic rings. The van der Waals surface area contributed by atoms with Crippen LogP contribution in [-0.2, 0) is 0 Å². The summed E-state index contributed by atoms with van der Waals surface area (Å²) in [5.41, 5.74) is 6.07. The van der Waals surface area contributed by atoms with E-state index in [0.717, 1.165) is 4.90 Å². The van der Waals surface area contributed by atoms with Crippen LogP contribution in [0.4, 0.5) is 4.39 Å². The molecule has 0 aromatic heterocycles. The van der Waals surface area contributed by atoms with Gasteiger partial charge in [-0.1, -0.05) is 24.4 Å². The molecule has 0 unspecified atom stereocenters. The predicted octanol–water partition coefficient (Wildman–Crippen LogP) is 3.35. The molecule has 18 heavy (non-hydrogen) atoms. The number of thioether (sulfide) groups is 1. The third-order valence-electron chi connectivity index (χ3n) is 3.17. The van der Waals surface area contributed by atoms with Gasteiger partial charge >= 0.3 is 0 Å². The first-order valence-electron chi connectivity index (χ1n) is 6.15. The number of hydrogen-bond acceptors (Lipinski definition) is 3. The summed E-state index contributed by atoms with van der Waals surface area (Å²) in [5.74, 6) is -0.405. The van der Waals surface area contributed by atoms with Crippen molar-refractivity contribution in [1.29, 1.82) is 0 Å². The van der Waals surface area contributed by atoms with Gasteiger partial charge in [0, 0.05) is 15.7 Å². The molecule has 0 saturated heterocycles. The molecule has 1 aromatic carbocycles. The Morgan fingerprint density at radius 2 is 2.06 bits per heavy atom. The number of hydrogen-bond donors (Lipinski definition) is 2. The lowest BCUT2D eigenvalue weighted by Crippen LogP contribution is -2.16. The summed E-state index contributed by atoms with van der Waals surface area (Å²) in [5, 5.41) is 12.3. The van der Waals surface area contributed by atoms with Crippen molar-refractivity contribution in [2.75, 3.05) is 0 Å². The fourth-order valence-electron chi connectivity index (χ4n) is 2.22. The van der Waals surface area contributed by atoms with E-state index in [9.17, 15) is 4.39 Å². The Balaban J connectivity index is 2.20. The number of rotatable bonds is 3. The zero-order valence-electron chi connectivity index (χ0n) is 10.1. The van der Waals surface area contributed by atoms with Crippen molar-refractivity contribution < 1.29 is 9.60 Å². The summed E-state index contributed by atoms with van der Waals surface area (Å²) in [6.45, 7) is 0. The number of benzene rings is 1. The molecule has 98 valence electrons. The first-order chi connectivity index (χ1) is 8.70. The highest BCUT2D eigenvalue weighted by molar-refractivity contribution is 8.00. The molecule has 0 atom stereocenters. The van der Waals surface area contributed by atoms with Crippen molar-refractivity contribution in [3.63, 3.8) is 0 Å². The molecule has 0 bridgehead atoms. The van der Waals surface area contributed by atoms with Gasteiger partial charge in [0.2, 0.25) is 0 Å². The lowest BCUT2D eigenvalue weighted by atomic mass is 10.0. The largest absolute Gasteiger partial charge is 0.409 e. The highest BCUT2D eigenvalue weighted by atomic mass is 32.2. The summed E-state index contributed by atoms with van der Waals surface area (Å²) in [6.07, 6.45) is 6.15. The van der Waals surface area contributed by atoms with Crippen LogP contribution in [0.1, 0.15) is 37.7 Å². The van der Waals surface area contributed by atoms with E-state index in [4.69, 9.17) is 10.9 Å². The Bertz CT molecular complexity index is 445. The number of nitrogens with zero attached hydrogens (tertiary/aromatic N) is 1. The molecule has 0 heterocycles. The zero-order chi connectivity index (χ0) is 13.0. The molecule has 5 heteroatoms. The number of oxime groups is 1. The van der Waals surface area contributed by atoms with Crippen molar-refractivity contribution in [1.82, 2.24) is 0 Å². The molecule has 0 aliphatic heterocycles. The molecule has 0 amide bonds. The van der Waals surface area contributed by atoms with Gasteiger partial charge in [0.1, 0.15) is 5.82 Å². The van der Waals surface area contributed by atoms with Crippen LogP contribution < -0.4 is 5.73 Å². The van der Waals surface area contributed by atoms with Crippen LogP contribution in [0, 0.1) is 5.82 Å². The first-order valence-corrected chi connectivity index (χ1v) is 7.03. The Kier molecular flexibility index (Phi) is 4.47. The van der Waals surface area contributed by atoms with Crippen LogP contribution in [0.2, 0.25) is 0 Å². The van der Waals surface area contributed by atoms with Gasteiger partial charge in [0.25, 0.3) is 0 Å². The van der Waals surface area contributed by atoms with Crippen molar-refractivity contribution in [3.8, 4) is 0 Å². The van der Waals surface area contributed by atoms with Gasteiger partial charge in [-0.25, -0.2) is 4.39 Å². The minimum Gasteiger partial charge on any atom is -0.409 e. The highest BCUT2D eigenvalue weighted by Crippen LogP contribution is 2.35. The first kappa shape index (κ1) is 13.2. The summed E-state index contributed by atoms with van der Waals surface area (Å²) >= 11 is 1.70. The molecule has 1 aromatic rings. The maximum absolute atomic E-state index is 13.2. The molecule has 1 aliphatic carbocycles. The lowest BCUT2D eigenvalue weighted by molar-refractivity contribution is 0.318. The average Bonchev–Trinajstić information content (AvgIpc) is 2.41. The molecule has 0 spiro atoms. The fraction of sp³-hybridized carbons (Fsp3) is 0.462. The fourth-order valence-corrected chi connectivity index (χ4v) is 3.59. The quantitative estimate of drug-likeness (QED) is 0.382. The van der Waals surface area contributed by atoms with E-state index in [0.29, 0.717) is 10.8 Å². The SMILES string of the molecule is NC(=NO)c1cc(F)ccc1SC1CCCCC1. The molecule has 2 rings (SSSR count). The minimum atomic E-state index is -0.371. The summed E-state index contributed by atoms with van der Waals surface area (Å²) in [7, 11) is 0. The van der Waals surface area contributed by atoms with Gasteiger partial charge in [-0.3, -0.25) is 0 Å². The molecule has 1 saturated carbocycles. The molecule has 1 fully saturated rings. The molecule has 3 N–H and O–H groups in total. The van der Waals surface area contributed by atoms with Crippen LogP contribution in [0.25, 0.3) is 0 Å². The Morgan fingerprint density at radius 3 is 2.72 bits per heavy atom. The van der Waals surface area contributed by atoms with Gasteiger partial charge in [-0.05, 0) is 31.0 Å². The van der Waals surface area contributed by atoms with Crippen LogP contribution in [0.5, 0.6) is 0 Å². The minimum absolute atomic E-state index is 0.0344.